The normalized spacial score (nSPS) is 10.6. The minimum Gasteiger partial charge on any atom is -0.419 e. The smallest absolute Gasteiger partial charge is 0.247 e. The summed E-state index contributed by atoms with van der Waals surface area (Å²) in [5.74, 6) is 1.00. The molecule has 3 rings (SSSR count). The Balaban J connectivity index is 1.71. The van der Waals surface area contributed by atoms with Crippen molar-refractivity contribution in [2.45, 2.75) is 13.5 Å². The van der Waals surface area contributed by atoms with Crippen LogP contribution >= 0.6 is 11.6 Å². The van der Waals surface area contributed by atoms with Crippen molar-refractivity contribution in [1.29, 1.82) is 0 Å². The van der Waals surface area contributed by atoms with E-state index in [9.17, 15) is 0 Å². The minimum absolute atomic E-state index is 0.471. The predicted octanol–water partition coefficient (Wildman–Crippen LogP) is 4.31. The van der Waals surface area contributed by atoms with E-state index in [0.717, 1.165) is 11.3 Å². The highest BCUT2D eigenvalue weighted by Gasteiger charge is 2.08. The summed E-state index contributed by atoms with van der Waals surface area (Å²) in [7, 11) is 0. The van der Waals surface area contributed by atoms with Gasteiger partial charge in [-0.15, -0.1) is 10.2 Å². The molecular formula is C16H14ClN3O. The van der Waals surface area contributed by atoms with Gasteiger partial charge in [0.05, 0.1) is 6.54 Å². The molecule has 0 saturated carbocycles. The maximum absolute atomic E-state index is 5.96. The molecule has 0 amide bonds. The summed E-state index contributed by atoms with van der Waals surface area (Å²) < 4.78 is 5.63. The van der Waals surface area contributed by atoms with Gasteiger partial charge in [-0.25, -0.2) is 0 Å². The molecule has 0 bridgehead atoms. The quantitative estimate of drug-likeness (QED) is 0.780. The summed E-state index contributed by atoms with van der Waals surface area (Å²) in [5, 5.41) is 12.0. The fourth-order valence-electron chi connectivity index (χ4n) is 2.00. The molecule has 1 N–H and O–H groups in total. The predicted molar refractivity (Wildman–Crippen MR) is 83.2 cm³/mol. The molecule has 0 aliphatic heterocycles. The summed E-state index contributed by atoms with van der Waals surface area (Å²) in [6.45, 7) is 2.53. The van der Waals surface area contributed by atoms with E-state index in [1.807, 2.05) is 30.3 Å². The highest BCUT2D eigenvalue weighted by molar-refractivity contribution is 6.30. The average Bonchev–Trinajstić information content (AvgIpc) is 2.94. The molecule has 2 aromatic carbocycles. The molecule has 0 spiro atoms. The molecule has 21 heavy (non-hydrogen) atoms. The third kappa shape index (κ3) is 3.41. The number of anilines is 1. The van der Waals surface area contributed by atoms with Crippen LogP contribution in [0.25, 0.3) is 11.5 Å². The summed E-state index contributed by atoms with van der Waals surface area (Å²) in [5.41, 5.74) is 3.04. The first-order valence-corrected chi connectivity index (χ1v) is 6.97. The van der Waals surface area contributed by atoms with Gasteiger partial charge in [0, 0.05) is 16.3 Å². The summed E-state index contributed by atoms with van der Waals surface area (Å²) in [6, 6.07) is 15.5. The van der Waals surface area contributed by atoms with Gasteiger partial charge >= 0.3 is 0 Å². The lowest BCUT2D eigenvalue weighted by atomic mass is 10.2. The maximum atomic E-state index is 5.96. The zero-order valence-electron chi connectivity index (χ0n) is 11.5. The third-order valence-electron chi connectivity index (χ3n) is 3.00. The summed E-state index contributed by atoms with van der Waals surface area (Å²) in [6.07, 6.45) is 0. The van der Waals surface area contributed by atoms with E-state index in [2.05, 4.69) is 34.6 Å². The fraction of sp³-hybridized carbons (Fsp3) is 0.125. The minimum atomic E-state index is 0.471. The third-order valence-corrected chi connectivity index (χ3v) is 3.24. The van der Waals surface area contributed by atoms with Crippen LogP contribution < -0.4 is 5.32 Å². The Hall–Kier alpha value is -2.33. The van der Waals surface area contributed by atoms with Crippen LogP contribution in [0.2, 0.25) is 5.02 Å². The molecule has 0 fully saturated rings. The van der Waals surface area contributed by atoms with Crippen molar-refractivity contribution < 1.29 is 4.42 Å². The number of nitrogens with one attached hydrogen (secondary N) is 1. The second kappa shape index (κ2) is 5.97. The number of rotatable bonds is 4. The number of nitrogens with zero attached hydrogens (tertiary/aromatic N) is 2. The van der Waals surface area contributed by atoms with Gasteiger partial charge in [0.25, 0.3) is 0 Å². The number of benzene rings is 2. The lowest BCUT2D eigenvalue weighted by molar-refractivity contribution is 0.515. The number of aromatic nitrogens is 2. The standard InChI is InChI=1S/C16H14ClN3O/c1-11-4-2-7-14(8-11)18-10-15-19-20-16(21-15)12-5-3-6-13(17)9-12/h2-9,18H,10H2,1H3. The molecular weight excluding hydrogens is 286 g/mol. The van der Waals surface area contributed by atoms with Crippen LogP contribution in [0.15, 0.2) is 52.9 Å². The van der Waals surface area contributed by atoms with E-state index >= 15 is 0 Å². The maximum Gasteiger partial charge on any atom is 0.247 e. The van der Waals surface area contributed by atoms with Gasteiger partial charge in [0.15, 0.2) is 0 Å². The zero-order valence-corrected chi connectivity index (χ0v) is 12.3. The first kappa shape index (κ1) is 13.6. The molecule has 0 aliphatic carbocycles. The molecule has 0 aliphatic rings. The molecule has 4 nitrogen and oxygen atoms in total. The Morgan fingerprint density at radius 2 is 1.95 bits per heavy atom. The van der Waals surface area contributed by atoms with Crippen molar-refractivity contribution in [3.8, 4) is 11.5 Å². The van der Waals surface area contributed by atoms with Crippen LogP contribution in [0.1, 0.15) is 11.5 Å². The van der Waals surface area contributed by atoms with Crippen molar-refractivity contribution in [2.75, 3.05) is 5.32 Å². The molecule has 3 aromatic rings. The van der Waals surface area contributed by atoms with E-state index in [0.29, 0.717) is 23.3 Å². The Bertz CT molecular complexity index is 755. The van der Waals surface area contributed by atoms with Crippen LogP contribution in [0, 0.1) is 6.92 Å². The van der Waals surface area contributed by atoms with Crippen molar-refractivity contribution in [3.05, 3.63) is 65.0 Å². The second-order valence-corrected chi connectivity index (χ2v) is 5.17. The number of halogens is 1. The fourth-order valence-corrected chi connectivity index (χ4v) is 2.19. The molecule has 0 radical (unpaired) electrons. The van der Waals surface area contributed by atoms with Crippen LogP contribution in [0.3, 0.4) is 0 Å². The molecule has 1 aromatic heterocycles. The number of hydrogen-bond donors (Lipinski definition) is 1. The average molecular weight is 300 g/mol. The van der Waals surface area contributed by atoms with Gasteiger partial charge < -0.3 is 9.73 Å². The van der Waals surface area contributed by atoms with Gasteiger partial charge in [-0.3, -0.25) is 0 Å². The molecule has 5 heteroatoms. The molecule has 106 valence electrons. The van der Waals surface area contributed by atoms with E-state index in [4.69, 9.17) is 16.0 Å². The van der Waals surface area contributed by atoms with Gasteiger partial charge in [-0.05, 0) is 42.8 Å². The first-order chi connectivity index (χ1) is 10.2. The summed E-state index contributed by atoms with van der Waals surface area (Å²) >= 11 is 5.96. The Labute approximate surface area is 127 Å². The molecule has 0 atom stereocenters. The van der Waals surface area contributed by atoms with Crippen LogP contribution in [-0.4, -0.2) is 10.2 Å². The monoisotopic (exact) mass is 299 g/mol. The van der Waals surface area contributed by atoms with Crippen molar-refractivity contribution in [1.82, 2.24) is 10.2 Å². The van der Waals surface area contributed by atoms with E-state index in [1.54, 1.807) is 6.07 Å². The Morgan fingerprint density at radius 3 is 2.76 bits per heavy atom. The highest BCUT2D eigenvalue weighted by Crippen LogP contribution is 2.21. The molecule has 0 saturated heterocycles. The van der Waals surface area contributed by atoms with Crippen molar-refractivity contribution in [2.24, 2.45) is 0 Å². The number of aryl methyl sites for hydroxylation is 1. The second-order valence-electron chi connectivity index (χ2n) is 4.73. The Morgan fingerprint density at radius 1 is 1.10 bits per heavy atom. The highest BCUT2D eigenvalue weighted by atomic mass is 35.5. The van der Waals surface area contributed by atoms with Crippen LogP contribution in [0.4, 0.5) is 5.69 Å². The zero-order chi connectivity index (χ0) is 14.7. The van der Waals surface area contributed by atoms with Crippen LogP contribution in [-0.2, 0) is 6.54 Å². The van der Waals surface area contributed by atoms with Crippen molar-refractivity contribution in [3.63, 3.8) is 0 Å². The topological polar surface area (TPSA) is 51.0 Å². The van der Waals surface area contributed by atoms with Gasteiger partial charge in [-0.1, -0.05) is 29.8 Å². The molecule has 0 unspecified atom stereocenters. The van der Waals surface area contributed by atoms with Crippen LogP contribution in [0.5, 0.6) is 0 Å². The summed E-state index contributed by atoms with van der Waals surface area (Å²) in [4.78, 5) is 0. The van der Waals surface area contributed by atoms with E-state index in [-0.39, 0.29) is 0 Å². The SMILES string of the molecule is Cc1cccc(NCc2nnc(-c3cccc(Cl)c3)o2)c1. The number of hydrogen-bond acceptors (Lipinski definition) is 4. The van der Waals surface area contributed by atoms with E-state index in [1.165, 1.54) is 5.56 Å². The first-order valence-electron chi connectivity index (χ1n) is 6.59. The van der Waals surface area contributed by atoms with Gasteiger partial charge in [-0.2, -0.15) is 0 Å². The Kier molecular flexibility index (Phi) is 3.88. The lowest BCUT2D eigenvalue weighted by Gasteiger charge is -2.03. The lowest BCUT2D eigenvalue weighted by Crippen LogP contribution is -1.99. The van der Waals surface area contributed by atoms with Crippen molar-refractivity contribution >= 4 is 17.3 Å². The largest absolute Gasteiger partial charge is 0.419 e. The van der Waals surface area contributed by atoms with Gasteiger partial charge in [0.1, 0.15) is 0 Å². The van der Waals surface area contributed by atoms with E-state index < -0.39 is 0 Å². The molecule has 1 heterocycles. The van der Waals surface area contributed by atoms with Gasteiger partial charge in [0.2, 0.25) is 11.8 Å².